The van der Waals surface area contributed by atoms with Gasteiger partial charge >= 0.3 is 0 Å². The number of hydrogen-bond donors (Lipinski definition) is 0. The molecule has 114 valence electrons. The van der Waals surface area contributed by atoms with Crippen LogP contribution >= 0.6 is 0 Å². The number of rotatable bonds is 4. The second-order valence-corrected chi connectivity index (χ2v) is 4.86. The van der Waals surface area contributed by atoms with Crippen LogP contribution in [0.3, 0.4) is 0 Å². The van der Waals surface area contributed by atoms with E-state index in [2.05, 4.69) is 6.58 Å². The van der Waals surface area contributed by atoms with Crippen LogP contribution in [0.5, 0.6) is 0 Å². The predicted molar refractivity (Wildman–Crippen MR) is 89.5 cm³/mol. The standard InChI is InChI=1S/C20H15F2N/c1-3-5-15(6-4-2)17-11-18(21)20(19(22)12-17)16-9-7-14(13-23)8-10-16/h3-12H,1H2,2H3/b6-4-,15-5+. The molecule has 0 amide bonds. The third-order valence-electron chi connectivity index (χ3n) is 3.32. The Labute approximate surface area is 134 Å². The molecule has 0 spiro atoms. The summed E-state index contributed by atoms with van der Waals surface area (Å²) in [5.41, 5.74) is 1.85. The van der Waals surface area contributed by atoms with Gasteiger partial charge in [0.25, 0.3) is 0 Å². The van der Waals surface area contributed by atoms with E-state index in [0.29, 0.717) is 22.3 Å². The lowest BCUT2D eigenvalue weighted by molar-refractivity contribution is 0.589. The van der Waals surface area contributed by atoms with Crippen molar-refractivity contribution in [2.24, 2.45) is 0 Å². The lowest BCUT2D eigenvalue weighted by Gasteiger charge is -2.09. The van der Waals surface area contributed by atoms with Gasteiger partial charge in [-0.1, -0.05) is 43.0 Å². The molecule has 0 aliphatic heterocycles. The highest BCUT2D eigenvalue weighted by molar-refractivity contribution is 5.77. The minimum Gasteiger partial charge on any atom is -0.206 e. The summed E-state index contributed by atoms with van der Waals surface area (Å²) in [4.78, 5) is 0. The number of halogens is 2. The topological polar surface area (TPSA) is 23.8 Å². The first kappa shape index (κ1) is 16.4. The van der Waals surface area contributed by atoms with E-state index in [4.69, 9.17) is 5.26 Å². The molecule has 0 bridgehead atoms. The van der Waals surface area contributed by atoms with Gasteiger partial charge in [-0.15, -0.1) is 0 Å². The highest BCUT2D eigenvalue weighted by Gasteiger charge is 2.14. The molecule has 0 unspecified atom stereocenters. The highest BCUT2D eigenvalue weighted by atomic mass is 19.1. The smallest absolute Gasteiger partial charge is 0.134 e. The molecule has 0 saturated carbocycles. The molecule has 2 aromatic carbocycles. The van der Waals surface area contributed by atoms with Crippen LogP contribution in [0.1, 0.15) is 18.1 Å². The molecule has 0 heterocycles. The fourth-order valence-corrected chi connectivity index (χ4v) is 2.28. The van der Waals surface area contributed by atoms with Gasteiger partial charge in [0.15, 0.2) is 0 Å². The Morgan fingerprint density at radius 1 is 1.13 bits per heavy atom. The monoisotopic (exact) mass is 307 g/mol. The Morgan fingerprint density at radius 2 is 1.74 bits per heavy atom. The summed E-state index contributed by atoms with van der Waals surface area (Å²) in [6.45, 7) is 5.44. The van der Waals surface area contributed by atoms with Crippen LogP contribution in [0.4, 0.5) is 8.78 Å². The minimum absolute atomic E-state index is 0.100. The molecular formula is C20H15F2N. The van der Waals surface area contributed by atoms with Crippen LogP contribution in [0.2, 0.25) is 0 Å². The maximum absolute atomic E-state index is 14.4. The average molecular weight is 307 g/mol. The van der Waals surface area contributed by atoms with E-state index >= 15 is 0 Å². The van der Waals surface area contributed by atoms with Gasteiger partial charge in [-0.25, -0.2) is 8.78 Å². The van der Waals surface area contributed by atoms with Gasteiger partial charge < -0.3 is 0 Å². The van der Waals surface area contributed by atoms with Gasteiger partial charge in [0.2, 0.25) is 0 Å². The van der Waals surface area contributed by atoms with Crippen molar-refractivity contribution >= 4 is 5.57 Å². The summed E-state index contributed by atoms with van der Waals surface area (Å²) in [6.07, 6.45) is 6.81. The Kier molecular flexibility index (Phi) is 5.22. The van der Waals surface area contributed by atoms with Crippen molar-refractivity contribution in [2.75, 3.05) is 0 Å². The number of hydrogen-bond acceptors (Lipinski definition) is 1. The van der Waals surface area contributed by atoms with Crippen LogP contribution in [-0.2, 0) is 0 Å². The summed E-state index contributed by atoms with van der Waals surface area (Å²) in [5.74, 6) is -1.30. The molecule has 0 atom stereocenters. The van der Waals surface area contributed by atoms with Gasteiger partial charge in [-0.05, 0) is 47.9 Å². The summed E-state index contributed by atoms with van der Waals surface area (Å²) in [5, 5.41) is 8.79. The molecule has 23 heavy (non-hydrogen) atoms. The van der Waals surface area contributed by atoms with Crippen molar-refractivity contribution in [1.29, 1.82) is 5.26 Å². The Balaban J connectivity index is 2.54. The van der Waals surface area contributed by atoms with E-state index in [1.54, 1.807) is 24.3 Å². The predicted octanol–water partition coefficient (Wildman–Crippen LogP) is 5.65. The number of nitriles is 1. The van der Waals surface area contributed by atoms with Gasteiger partial charge in [0.05, 0.1) is 17.2 Å². The zero-order chi connectivity index (χ0) is 16.8. The fourth-order valence-electron chi connectivity index (χ4n) is 2.28. The van der Waals surface area contributed by atoms with Gasteiger partial charge in [-0.2, -0.15) is 5.26 Å². The lowest BCUT2D eigenvalue weighted by Crippen LogP contribution is -1.94. The molecule has 3 heteroatoms. The molecule has 0 aliphatic carbocycles. The number of allylic oxidation sites excluding steroid dienone is 5. The number of benzene rings is 2. The summed E-state index contributed by atoms with van der Waals surface area (Å²) in [7, 11) is 0. The van der Waals surface area contributed by atoms with Crippen LogP contribution in [0.15, 0.2) is 67.3 Å². The summed E-state index contributed by atoms with van der Waals surface area (Å²) in [6, 6.07) is 10.7. The normalized spacial score (nSPS) is 11.5. The lowest BCUT2D eigenvalue weighted by atomic mass is 9.98. The SMILES string of the molecule is C=C/C=C(\C=C/C)c1cc(F)c(-c2ccc(C#N)cc2)c(F)c1. The van der Waals surface area contributed by atoms with Crippen LogP contribution in [-0.4, -0.2) is 0 Å². The molecule has 0 aromatic heterocycles. The Hall–Kier alpha value is -2.99. The molecule has 0 saturated heterocycles. The van der Waals surface area contributed by atoms with Crippen LogP contribution < -0.4 is 0 Å². The van der Waals surface area contributed by atoms with Crippen molar-refractivity contribution in [2.45, 2.75) is 6.92 Å². The van der Waals surface area contributed by atoms with Gasteiger partial charge in [-0.3, -0.25) is 0 Å². The van der Waals surface area contributed by atoms with E-state index in [1.807, 2.05) is 13.0 Å². The maximum atomic E-state index is 14.4. The zero-order valence-electron chi connectivity index (χ0n) is 12.7. The average Bonchev–Trinajstić information content (AvgIpc) is 2.54. The molecule has 0 fully saturated rings. The first-order valence-electron chi connectivity index (χ1n) is 7.06. The van der Waals surface area contributed by atoms with Crippen molar-refractivity contribution in [1.82, 2.24) is 0 Å². The molecule has 2 rings (SSSR count). The second-order valence-electron chi connectivity index (χ2n) is 4.86. The molecular weight excluding hydrogens is 292 g/mol. The second kappa shape index (κ2) is 7.33. The van der Waals surface area contributed by atoms with Crippen LogP contribution in [0.25, 0.3) is 16.7 Å². The molecule has 1 nitrogen and oxygen atoms in total. The van der Waals surface area contributed by atoms with Crippen molar-refractivity contribution in [3.8, 4) is 17.2 Å². The van der Waals surface area contributed by atoms with Crippen LogP contribution in [0, 0.1) is 23.0 Å². The first-order valence-corrected chi connectivity index (χ1v) is 7.06. The fraction of sp³-hybridized carbons (Fsp3) is 0.0500. The van der Waals surface area contributed by atoms with E-state index in [0.717, 1.165) is 0 Å². The van der Waals surface area contributed by atoms with E-state index in [9.17, 15) is 8.78 Å². The number of nitrogens with zero attached hydrogens (tertiary/aromatic N) is 1. The minimum atomic E-state index is -0.649. The van der Waals surface area contributed by atoms with Crippen molar-refractivity contribution in [3.05, 3.63) is 90.0 Å². The third kappa shape index (κ3) is 3.61. The summed E-state index contributed by atoms with van der Waals surface area (Å²) < 4.78 is 28.9. The summed E-state index contributed by atoms with van der Waals surface area (Å²) >= 11 is 0. The molecule has 0 radical (unpaired) electrons. The van der Waals surface area contributed by atoms with Gasteiger partial charge in [0, 0.05) is 0 Å². The first-order chi connectivity index (χ1) is 11.1. The quantitative estimate of drug-likeness (QED) is 0.670. The van der Waals surface area contributed by atoms with Gasteiger partial charge in [0.1, 0.15) is 11.6 Å². The molecule has 0 aliphatic rings. The van der Waals surface area contributed by atoms with E-state index in [1.165, 1.54) is 36.4 Å². The van der Waals surface area contributed by atoms with E-state index < -0.39 is 11.6 Å². The van der Waals surface area contributed by atoms with Crippen molar-refractivity contribution in [3.63, 3.8) is 0 Å². The third-order valence-corrected chi connectivity index (χ3v) is 3.32. The van der Waals surface area contributed by atoms with E-state index in [-0.39, 0.29) is 5.56 Å². The van der Waals surface area contributed by atoms with Crippen molar-refractivity contribution < 1.29 is 8.78 Å². The Morgan fingerprint density at radius 3 is 2.22 bits per heavy atom. The maximum Gasteiger partial charge on any atom is 0.134 e. The highest BCUT2D eigenvalue weighted by Crippen LogP contribution is 2.30. The Bertz CT molecular complexity index is 799. The zero-order valence-corrected chi connectivity index (χ0v) is 12.7. The molecule has 2 aromatic rings. The molecule has 0 N–H and O–H groups in total. The largest absolute Gasteiger partial charge is 0.206 e.